The second-order valence-corrected chi connectivity index (χ2v) is 4.70. The van der Waals surface area contributed by atoms with Crippen LogP contribution in [0.1, 0.15) is 10.4 Å². The van der Waals surface area contributed by atoms with E-state index < -0.39 is 0 Å². The van der Waals surface area contributed by atoms with E-state index >= 15 is 0 Å². The first-order valence-corrected chi connectivity index (χ1v) is 6.58. The lowest BCUT2D eigenvalue weighted by atomic mass is 10.3. The van der Waals surface area contributed by atoms with Crippen molar-refractivity contribution in [2.24, 2.45) is 0 Å². The molecule has 0 saturated heterocycles. The molecular weight excluding hydrogens is 308 g/mol. The van der Waals surface area contributed by atoms with Gasteiger partial charge in [0.25, 0.3) is 5.91 Å². The first kappa shape index (κ1) is 13.5. The van der Waals surface area contributed by atoms with Crippen molar-refractivity contribution in [1.29, 1.82) is 0 Å². The number of rotatable bonds is 5. The standard InChI is InChI=1S/C13H13BrN4O/c14-11-3-4-12(18-9-11)16-6-7-17-13(19)10-2-1-5-15-8-10/h1-5,8-9H,6-7H2,(H,16,18)(H,17,19). The summed E-state index contributed by atoms with van der Waals surface area (Å²) in [7, 11) is 0. The van der Waals surface area contributed by atoms with Crippen molar-refractivity contribution >= 4 is 27.7 Å². The van der Waals surface area contributed by atoms with Crippen molar-refractivity contribution in [2.75, 3.05) is 18.4 Å². The molecule has 1 amide bonds. The highest BCUT2D eigenvalue weighted by atomic mass is 79.9. The Morgan fingerprint density at radius 2 is 2.11 bits per heavy atom. The summed E-state index contributed by atoms with van der Waals surface area (Å²) in [4.78, 5) is 19.8. The summed E-state index contributed by atoms with van der Waals surface area (Å²) in [5, 5.41) is 5.92. The molecule has 98 valence electrons. The van der Waals surface area contributed by atoms with E-state index in [2.05, 4.69) is 36.5 Å². The van der Waals surface area contributed by atoms with Gasteiger partial charge in [-0.1, -0.05) is 0 Å². The lowest BCUT2D eigenvalue weighted by Gasteiger charge is -2.07. The number of nitrogens with one attached hydrogen (secondary N) is 2. The zero-order valence-electron chi connectivity index (χ0n) is 10.1. The largest absolute Gasteiger partial charge is 0.368 e. The minimum Gasteiger partial charge on any atom is -0.368 e. The lowest BCUT2D eigenvalue weighted by Crippen LogP contribution is -2.28. The molecule has 2 aromatic heterocycles. The van der Waals surface area contributed by atoms with E-state index in [0.717, 1.165) is 10.3 Å². The van der Waals surface area contributed by atoms with E-state index in [-0.39, 0.29) is 5.91 Å². The van der Waals surface area contributed by atoms with Crippen LogP contribution in [0.2, 0.25) is 0 Å². The van der Waals surface area contributed by atoms with Crippen LogP contribution in [-0.4, -0.2) is 29.0 Å². The number of amides is 1. The number of carbonyl (C=O) groups is 1. The molecule has 0 saturated carbocycles. The van der Waals surface area contributed by atoms with Gasteiger partial charge in [0.2, 0.25) is 0 Å². The van der Waals surface area contributed by atoms with Gasteiger partial charge >= 0.3 is 0 Å². The first-order valence-electron chi connectivity index (χ1n) is 5.79. The van der Waals surface area contributed by atoms with Gasteiger partial charge in [-0.2, -0.15) is 0 Å². The van der Waals surface area contributed by atoms with Crippen molar-refractivity contribution < 1.29 is 4.79 Å². The maximum Gasteiger partial charge on any atom is 0.252 e. The predicted octanol–water partition coefficient (Wildman–Crippen LogP) is 2.08. The molecule has 0 fully saturated rings. The summed E-state index contributed by atoms with van der Waals surface area (Å²) >= 11 is 3.32. The molecule has 2 rings (SSSR count). The van der Waals surface area contributed by atoms with Gasteiger partial charge in [-0.15, -0.1) is 0 Å². The number of anilines is 1. The molecule has 0 radical (unpaired) electrons. The Labute approximate surface area is 119 Å². The SMILES string of the molecule is O=C(NCCNc1ccc(Br)cn1)c1cccnc1. The molecule has 0 aromatic carbocycles. The van der Waals surface area contributed by atoms with Crippen molar-refractivity contribution in [3.63, 3.8) is 0 Å². The van der Waals surface area contributed by atoms with Crippen LogP contribution < -0.4 is 10.6 Å². The number of hydrogen-bond donors (Lipinski definition) is 2. The number of pyridine rings is 2. The average Bonchev–Trinajstić information content (AvgIpc) is 2.46. The molecule has 0 spiro atoms. The molecule has 0 bridgehead atoms. The van der Waals surface area contributed by atoms with Gasteiger partial charge in [-0.25, -0.2) is 4.98 Å². The van der Waals surface area contributed by atoms with Crippen LogP contribution in [0, 0.1) is 0 Å². The van der Waals surface area contributed by atoms with Crippen LogP contribution in [0.5, 0.6) is 0 Å². The molecule has 0 aliphatic heterocycles. The third kappa shape index (κ3) is 4.33. The minimum atomic E-state index is -0.126. The third-order valence-corrected chi connectivity index (χ3v) is 2.84. The van der Waals surface area contributed by atoms with Gasteiger partial charge < -0.3 is 10.6 Å². The first-order chi connectivity index (χ1) is 9.25. The Balaban J connectivity index is 1.72. The smallest absolute Gasteiger partial charge is 0.252 e. The minimum absolute atomic E-state index is 0.126. The van der Waals surface area contributed by atoms with Gasteiger partial charge in [0, 0.05) is 36.2 Å². The quantitative estimate of drug-likeness (QED) is 0.828. The number of carbonyl (C=O) groups excluding carboxylic acids is 1. The molecule has 5 nitrogen and oxygen atoms in total. The van der Waals surface area contributed by atoms with Crippen molar-refractivity contribution in [3.8, 4) is 0 Å². The number of hydrogen-bond acceptors (Lipinski definition) is 4. The molecule has 2 heterocycles. The highest BCUT2D eigenvalue weighted by molar-refractivity contribution is 9.10. The molecule has 2 N–H and O–H groups in total. The Morgan fingerprint density at radius 1 is 1.21 bits per heavy atom. The average molecular weight is 321 g/mol. The van der Waals surface area contributed by atoms with E-state index in [9.17, 15) is 4.79 Å². The van der Waals surface area contributed by atoms with Crippen molar-refractivity contribution in [3.05, 3.63) is 52.9 Å². The fourth-order valence-corrected chi connectivity index (χ4v) is 1.68. The Bertz CT molecular complexity index is 530. The van der Waals surface area contributed by atoms with E-state index in [0.29, 0.717) is 18.7 Å². The Hall–Kier alpha value is -1.95. The zero-order chi connectivity index (χ0) is 13.5. The fraction of sp³-hybridized carbons (Fsp3) is 0.154. The lowest BCUT2D eigenvalue weighted by molar-refractivity contribution is 0.0955. The second kappa shape index (κ2) is 6.84. The van der Waals surface area contributed by atoms with Crippen LogP contribution >= 0.6 is 15.9 Å². The number of nitrogens with zero attached hydrogens (tertiary/aromatic N) is 2. The molecular formula is C13H13BrN4O. The van der Waals surface area contributed by atoms with Crippen LogP contribution in [0.3, 0.4) is 0 Å². The zero-order valence-corrected chi connectivity index (χ0v) is 11.7. The molecule has 19 heavy (non-hydrogen) atoms. The van der Waals surface area contributed by atoms with Crippen LogP contribution in [-0.2, 0) is 0 Å². The number of aromatic nitrogens is 2. The topological polar surface area (TPSA) is 66.9 Å². The van der Waals surface area contributed by atoms with Gasteiger partial charge in [0.05, 0.1) is 5.56 Å². The summed E-state index contributed by atoms with van der Waals surface area (Å²) in [5.41, 5.74) is 0.560. The summed E-state index contributed by atoms with van der Waals surface area (Å²) in [5.74, 6) is 0.650. The van der Waals surface area contributed by atoms with E-state index in [1.54, 1.807) is 30.7 Å². The Morgan fingerprint density at radius 3 is 2.79 bits per heavy atom. The highest BCUT2D eigenvalue weighted by Gasteiger charge is 2.03. The maximum absolute atomic E-state index is 11.7. The summed E-state index contributed by atoms with van der Waals surface area (Å²) < 4.78 is 0.933. The van der Waals surface area contributed by atoms with Gasteiger partial charge in [0.1, 0.15) is 5.82 Å². The van der Waals surface area contributed by atoms with Crippen LogP contribution in [0.25, 0.3) is 0 Å². The second-order valence-electron chi connectivity index (χ2n) is 3.79. The van der Waals surface area contributed by atoms with E-state index in [4.69, 9.17) is 0 Å². The molecule has 0 aliphatic rings. The number of halogens is 1. The molecule has 6 heteroatoms. The van der Waals surface area contributed by atoms with Gasteiger partial charge in [-0.3, -0.25) is 9.78 Å². The van der Waals surface area contributed by atoms with E-state index in [1.807, 2.05) is 12.1 Å². The van der Waals surface area contributed by atoms with Gasteiger partial charge in [-0.05, 0) is 40.2 Å². The maximum atomic E-state index is 11.7. The van der Waals surface area contributed by atoms with Crippen molar-refractivity contribution in [2.45, 2.75) is 0 Å². The molecule has 0 aliphatic carbocycles. The van der Waals surface area contributed by atoms with E-state index in [1.165, 1.54) is 0 Å². The Kier molecular flexibility index (Phi) is 4.85. The van der Waals surface area contributed by atoms with Crippen LogP contribution in [0.15, 0.2) is 47.3 Å². The summed E-state index contributed by atoms with van der Waals surface area (Å²) in [6, 6.07) is 7.24. The summed E-state index contributed by atoms with van der Waals surface area (Å²) in [6.45, 7) is 1.13. The fourth-order valence-electron chi connectivity index (χ4n) is 1.45. The molecule has 2 aromatic rings. The molecule has 0 unspecified atom stereocenters. The third-order valence-electron chi connectivity index (χ3n) is 2.37. The molecule has 0 atom stereocenters. The monoisotopic (exact) mass is 320 g/mol. The van der Waals surface area contributed by atoms with Crippen LogP contribution in [0.4, 0.5) is 5.82 Å². The van der Waals surface area contributed by atoms with Gasteiger partial charge in [0.15, 0.2) is 0 Å². The normalized spacial score (nSPS) is 9.95. The summed E-state index contributed by atoms with van der Waals surface area (Å²) in [6.07, 6.45) is 4.90. The predicted molar refractivity (Wildman–Crippen MR) is 77.0 cm³/mol. The van der Waals surface area contributed by atoms with Crippen molar-refractivity contribution in [1.82, 2.24) is 15.3 Å². The highest BCUT2D eigenvalue weighted by Crippen LogP contribution is 2.09.